The normalized spacial score (nSPS) is 21.7. The van der Waals surface area contributed by atoms with Crippen LogP contribution in [-0.4, -0.2) is 67.4 Å². The molecule has 2 atom stereocenters. The highest BCUT2D eigenvalue weighted by molar-refractivity contribution is 5.97. The van der Waals surface area contributed by atoms with Crippen LogP contribution in [0.1, 0.15) is 40.7 Å². The topological polar surface area (TPSA) is 75.7 Å². The van der Waals surface area contributed by atoms with Crippen molar-refractivity contribution >= 4 is 17.4 Å². The summed E-state index contributed by atoms with van der Waals surface area (Å²) in [5.74, 6) is 0.258. The van der Waals surface area contributed by atoms with Crippen LogP contribution in [0.4, 0.5) is 24.7 Å². The van der Waals surface area contributed by atoms with E-state index in [1.165, 1.54) is 18.3 Å². The summed E-state index contributed by atoms with van der Waals surface area (Å²) in [5.41, 5.74) is 0.598. The molecule has 2 N–H and O–H groups in total. The molecule has 0 saturated carbocycles. The molecular formula is C25H31F3N4O3. The Bertz CT molecular complexity index is 1030. The van der Waals surface area contributed by atoms with E-state index in [1.807, 2.05) is 4.90 Å². The number of nitrogens with one attached hydrogen (secondary N) is 2. The third-order valence-corrected chi connectivity index (χ3v) is 6.73. The summed E-state index contributed by atoms with van der Waals surface area (Å²) in [7, 11) is 1.70. The number of halogens is 3. The number of carbonyl (C=O) groups excluding carboxylic acids is 1. The molecule has 2 aromatic rings. The number of hydrogen-bond donors (Lipinski definition) is 2. The number of piperidine rings is 1. The SMILES string of the molecule is CO[C@H]1COCC[C@H]1NC1CCN(C(=O)c2ccnc(Nc3cccc(C(F)(F)F)c3)c2C)CC1. The number of rotatable bonds is 6. The van der Waals surface area contributed by atoms with E-state index in [1.54, 1.807) is 20.1 Å². The summed E-state index contributed by atoms with van der Waals surface area (Å²) in [4.78, 5) is 19.3. The zero-order valence-electron chi connectivity index (χ0n) is 19.9. The lowest BCUT2D eigenvalue weighted by molar-refractivity contribution is -0.137. The van der Waals surface area contributed by atoms with Crippen LogP contribution < -0.4 is 10.6 Å². The first-order chi connectivity index (χ1) is 16.8. The molecule has 1 aromatic heterocycles. The minimum absolute atomic E-state index is 0.0330. The van der Waals surface area contributed by atoms with Gasteiger partial charge >= 0.3 is 6.18 Å². The van der Waals surface area contributed by atoms with E-state index in [4.69, 9.17) is 9.47 Å². The van der Waals surface area contributed by atoms with E-state index < -0.39 is 11.7 Å². The zero-order chi connectivity index (χ0) is 25.0. The second-order valence-electron chi connectivity index (χ2n) is 9.01. The molecule has 2 aliphatic rings. The molecule has 190 valence electrons. The fourth-order valence-corrected chi connectivity index (χ4v) is 4.66. The average molecular weight is 493 g/mol. The second kappa shape index (κ2) is 10.9. The third-order valence-electron chi connectivity index (χ3n) is 6.73. The summed E-state index contributed by atoms with van der Waals surface area (Å²) in [5, 5.41) is 6.61. The Hall–Kier alpha value is -2.69. The fourth-order valence-electron chi connectivity index (χ4n) is 4.66. The zero-order valence-corrected chi connectivity index (χ0v) is 19.9. The number of pyridine rings is 1. The van der Waals surface area contributed by atoms with Crippen LogP contribution in [0, 0.1) is 6.92 Å². The van der Waals surface area contributed by atoms with Crippen molar-refractivity contribution in [1.29, 1.82) is 0 Å². The van der Waals surface area contributed by atoms with Gasteiger partial charge in [-0.2, -0.15) is 13.2 Å². The van der Waals surface area contributed by atoms with Gasteiger partial charge in [0, 0.05) is 61.9 Å². The summed E-state index contributed by atoms with van der Waals surface area (Å²) < 4.78 is 50.2. The fraction of sp³-hybridized carbons (Fsp3) is 0.520. The lowest BCUT2D eigenvalue weighted by atomic mass is 9.99. The molecule has 0 spiro atoms. The van der Waals surface area contributed by atoms with Gasteiger partial charge in [0.25, 0.3) is 5.91 Å². The van der Waals surface area contributed by atoms with Crippen LogP contribution >= 0.6 is 0 Å². The van der Waals surface area contributed by atoms with E-state index in [0.717, 1.165) is 31.4 Å². The van der Waals surface area contributed by atoms with Crippen molar-refractivity contribution in [3.8, 4) is 0 Å². The molecule has 10 heteroatoms. The smallest absolute Gasteiger partial charge is 0.379 e. The quantitative estimate of drug-likeness (QED) is 0.631. The average Bonchev–Trinajstić information content (AvgIpc) is 2.85. The van der Waals surface area contributed by atoms with E-state index in [0.29, 0.717) is 49.3 Å². The van der Waals surface area contributed by atoms with Crippen LogP contribution in [0.15, 0.2) is 36.5 Å². The maximum absolute atomic E-state index is 13.3. The van der Waals surface area contributed by atoms with Gasteiger partial charge in [0.15, 0.2) is 0 Å². The molecule has 2 fully saturated rings. The standard InChI is InChI=1S/C25H31F3N4O3/c1-16-20(6-10-29-23(16)31-19-5-3-4-17(14-19)25(26,27)28)24(33)32-11-7-18(8-12-32)30-21-9-13-35-15-22(21)34-2/h3-6,10,14,18,21-22,30H,7-9,11-13,15H2,1-2H3,(H,29,31)/t21-,22+/m1/s1. The highest BCUT2D eigenvalue weighted by Gasteiger charge is 2.32. The Morgan fingerprint density at radius 2 is 1.97 bits per heavy atom. The van der Waals surface area contributed by atoms with Crippen LogP contribution in [0.2, 0.25) is 0 Å². The molecule has 3 heterocycles. The monoisotopic (exact) mass is 492 g/mol. The maximum Gasteiger partial charge on any atom is 0.416 e. The molecule has 1 aromatic carbocycles. The van der Waals surface area contributed by atoms with E-state index in [2.05, 4.69) is 15.6 Å². The van der Waals surface area contributed by atoms with Crippen LogP contribution in [0.25, 0.3) is 0 Å². The molecule has 2 saturated heterocycles. The van der Waals surface area contributed by atoms with Gasteiger partial charge in [-0.3, -0.25) is 4.79 Å². The van der Waals surface area contributed by atoms with Crippen LogP contribution in [0.5, 0.6) is 0 Å². The Morgan fingerprint density at radius 1 is 1.20 bits per heavy atom. The number of anilines is 2. The second-order valence-corrected chi connectivity index (χ2v) is 9.01. The van der Waals surface area contributed by atoms with Gasteiger partial charge in [-0.15, -0.1) is 0 Å². The minimum Gasteiger partial charge on any atom is -0.379 e. The molecule has 0 bridgehead atoms. The highest BCUT2D eigenvalue weighted by atomic mass is 19.4. The number of methoxy groups -OCH3 is 1. The molecule has 0 aliphatic carbocycles. The molecule has 1 amide bonds. The number of nitrogens with zero attached hydrogens (tertiary/aromatic N) is 2. The summed E-state index contributed by atoms with van der Waals surface area (Å²) in [6.07, 6.45) is -0.340. The highest BCUT2D eigenvalue weighted by Crippen LogP contribution is 2.32. The summed E-state index contributed by atoms with van der Waals surface area (Å²) in [6, 6.07) is 7.12. The molecule has 35 heavy (non-hydrogen) atoms. The predicted octanol–water partition coefficient (Wildman–Crippen LogP) is 4.15. The summed E-state index contributed by atoms with van der Waals surface area (Å²) in [6.45, 7) is 4.29. The lowest BCUT2D eigenvalue weighted by Gasteiger charge is -2.38. The number of carbonyl (C=O) groups is 1. The number of hydrogen-bond acceptors (Lipinski definition) is 6. The largest absolute Gasteiger partial charge is 0.416 e. The molecular weight excluding hydrogens is 461 g/mol. The van der Waals surface area contributed by atoms with Crippen molar-refractivity contribution in [2.75, 3.05) is 38.7 Å². The van der Waals surface area contributed by atoms with Crippen molar-refractivity contribution in [3.05, 3.63) is 53.2 Å². The van der Waals surface area contributed by atoms with Crippen molar-refractivity contribution in [2.24, 2.45) is 0 Å². The van der Waals surface area contributed by atoms with Crippen LogP contribution in [-0.2, 0) is 15.7 Å². The Kier molecular flexibility index (Phi) is 7.93. The number of alkyl halides is 3. The Balaban J connectivity index is 1.39. The maximum atomic E-state index is 13.3. The lowest BCUT2D eigenvalue weighted by Crippen LogP contribution is -2.54. The van der Waals surface area contributed by atoms with Gasteiger partial charge < -0.3 is 25.0 Å². The summed E-state index contributed by atoms with van der Waals surface area (Å²) >= 11 is 0. The van der Waals surface area contributed by atoms with Gasteiger partial charge in [0.2, 0.25) is 0 Å². The van der Waals surface area contributed by atoms with Gasteiger partial charge in [-0.05, 0) is 50.5 Å². The molecule has 0 unspecified atom stereocenters. The predicted molar refractivity (Wildman–Crippen MR) is 126 cm³/mol. The van der Waals surface area contributed by atoms with Crippen molar-refractivity contribution < 1.29 is 27.4 Å². The van der Waals surface area contributed by atoms with Crippen LogP contribution in [0.3, 0.4) is 0 Å². The minimum atomic E-state index is -4.44. The molecule has 7 nitrogen and oxygen atoms in total. The molecule has 4 rings (SSSR count). The number of benzene rings is 1. The van der Waals surface area contributed by atoms with Gasteiger partial charge in [-0.1, -0.05) is 6.07 Å². The van der Waals surface area contributed by atoms with Crippen molar-refractivity contribution in [3.63, 3.8) is 0 Å². The number of aromatic nitrogens is 1. The molecule has 2 aliphatic heterocycles. The molecule has 0 radical (unpaired) electrons. The first-order valence-electron chi connectivity index (χ1n) is 11.8. The number of likely N-dealkylation sites (tertiary alicyclic amines) is 1. The Morgan fingerprint density at radius 3 is 2.69 bits per heavy atom. The van der Waals surface area contributed by atoms with Crippen molar-refractivity contribution in [1.82, 2.24) is 15.2 Å². The number of amides is 1. The van der Waals surface area contributed by atoms with Gasteiger partial charge in [0.1, 0.15) is 5.82 Å². The van der Waals surface area contributed by atoms with Gasteiger partial charge in [-0.25, -0.2) is 4.98 Å². The van der Waals surface area contributed by atoms with Gasteiger partial charge in [0.05, 0.1) is 18.3 Å². The first-order valence-corrected chi connectivity index (χ1v) is 11.8. The first kappa shape index (κ1) is 25.4. The third kappa shape index (κ3) is 6.12. The van der Waals surface area contributed by atoms with E-state index >= 15 is 0 Å². The van der Waals surface area contributed by atoms with E-state index in [-0.39, 0.29) is 23.7 Å². The van der Waals surface area contributed by atoms with Crippen molar-refractivity contribution in [2.45, 2.75) is 50.6 Å². The van der Waals surface area contributed by atoms with E-state index in [9.17, 15) is 18.0 Å². The number of ether oxygens (including phenoxy) is 2. The Labute approximate surface area is 203 Å².